The summed E-state index contributed by atoms with van der Waals surface area (Å²) in [6.45, 7) is 5.41. The number of anilines is 1. The van der Waals surface area contributed by atoms with Crippen molar-refractivity contribution in [2.45, 2.75) is 32.9 Å². The summed E-state index contributed by atoms with van der Waals surface area (Å²) in [4.78, 5) is 18.6. The lowest BCUT2D eigenvalue weighted by molar-refractivity contribution is -0.121. The number of carbonyl (C=O) groups is 1. The van der Waals surface area contributed by atoms with Crippen LogP contribution in [0.5, 0.6) is 0 Å². The van der Waals surface area contributed by atoms with Crippen LogP contribution in [-0.4, -0.2) is 38.6 Å². The number of hydrogen-bond acceptors (Lipinski definition) is 4. The van der Waals surface area contributed by atoms with Crippen LogP contribution in [0.4, 0.5) is 5.95 Å². The minimum Gasteiger partial charge on any atom is -0.292 e. The van der Waals surface area contributed by atoms with Gasteiger partial charge in [-0.2, -0.15) is 4.98 Å². The summed E-state index contributed by atoms with van der Waals surface area (Å²) in [5.41, 5.74) is 2.68. The second-order valence-electron chi connectivity index (χ2n) is 5.40. The van der Waals surface area contributed by atoms with E-state index in [4.69, 9.17) is 0 Å². The number of rotatable bonds is 3. The van der Waals surface area contributed by atoms with Crippen LogP contribution < -0.4 is 5.32 Å². The number of amides is 1. The molecule has 2 heterocycles. The molecule has 1 aromatic carbocycles. The highest BCUT2D eigenvalue weighted by molar-refractivity contribution is 5.93. The molecule has 0 aliphatic carbocycles. The predicted octanol–water partition coefficient (Wildman–Crippen LogP) is 1.50. The van der Waals surface area contributed by atoms with E-state index in [0.717, 1.165) is 19.5 Å². The van der Waals surface area contributed by atoms with Crippen LogP contribution in [0.3, 0.4) is 0 Å². The van der Waals surface area contributed by atoms with Gasteiger partial charge >= 0.3 is 0 Å². The van der Waals surface area contributed by atoms with Gasteiger partial charge in [-0.25, -0.2) is 0 Å². The lowest BCUT2D eigenvalue weighted by atomic mass is 9.99. The third-order valence-electron chi connectivity index (χ3n) is 3.92. The van der Waals surface area contributed by atoms with E-state index in [-0.39, 0.29) is 11.9 Å². The first-order chi connectivity index (χ1) is 10.1. The van der Waals surface area contributed by atoms with Crippen molar-refractivity contribution in [3.8, 4) is 0 Å². The molecule has 0 saturated carbocycles. The first kappa shape index (κ1) is 13.8. The Morgan fingerprint density at radius 2 is 2.14 bits per heavy atom. The Morgan fingerprint density at radius 1 is 1.38 bits per heavy atom. The maximum atomic E-state index is 12.3. The number of H-pyrrole nitrogens is 1. The molecule has 1 atom stereocenters. The molecule has 21 heavy (non-hydrogen) atoms. The lowest BCUT2D eigenvalue weighted by Gasteiger charge is -2.32. The number of hydrogen-bond donors (Lipinski definition) is 2. The van der Waals surface area contributed by atoms with Crippen molar-refractivity contribution >= 4 is 11.9 Å². The van der Waals surface area contributed by atoms with Gasteiger partial charge in [-0.15, -0.1) is 5.10 Å². The van der Waals surface area contributed by atoms with Crippen molar-refractivity contribution in [3.63, 3.8) is 0 Å². The normalized spacial score (nSPS) is 16.3. The molecule has 2 aromatic rings. The first-order valence-corrected chi connectivity index (χ1v) is 7.14. The summed E-state index contributed by atoms with van der Waals surface area (Å²) in [6, 6.07) is 8.19. The van der Waals surface area contributed by atoms with Crippen molar-refractivity contribution in [1.82, 2.24) is 20.1 Å². The number of carbonyl (C=O) groups excluding carboxylic acids is 1. The fourth-order valence-electron chi connectivity index (χ4n) is 2.63. The molecule has 2 N–H and O–H groups in total. The minimum atomic E-state index is -0.211. The van der Waals surface area contributed by atoms with Gasteiger partial charge < -0.3 is 0 Å². The average Bonchev–Trinajstić information content (AvgIpc) is 2.91. The molecule has 6 heteroatoms. The smallest absolute Gasteiger partial charge is 0.248 e. The van der Waals surface area contributed by atoms with Gasteiger partial charge in [-0.3, -0.25) is 20.1 Å². The Hall–Kier alpha value is -2.21. The largest absolute Gasteiger partial charge is 0.292 e. The standard InChI is InChI=1S/C15H19N5O/c1-10(14(21)17-15-16-11(2)18-19-15)20-8-7-12-5-3-4-6-13(12)9-20/h3-6,10H,7-9H2,1-2H3,(H2,16,17,18,19,21)/t10-/m0/s1. The van der Waals surface area contributed by atoms with Gasteiger partial charge in [-0.05, 0) is 31.4 Å². The number of aromatic nitrogens is 3. The summed E-state index contributed by atoms with van der Waals surface area (Å²) in [6.07, 6.45) is 0.980. The van der Waals surface area contributed by atoms with Gasteiger partial charge in [-0.1, -0.05) is 24.3 Å². The molecule has 1 amide bonds. The second kappa shape index (κ2) is 5.65. The number of aryl methyl sites for hydroxylation is 1. The quantitative estimate of drug-likeness (QED) is 0.896. The number of nitrogens with zero attached hydrogens (tertiary/aromatic N) is 3. The molecule has 1 aliphatic rings. The number of benzene rings is 1. The Kier molecular flexibility index (Phi) is 3.70. The molecule has 0 radical (unpaired) electrons. The fraction of sp³-hybridized carbons (Fsp3) is 0.400. The number of nitrogens with one attached hydrogen (secondary N) is 2. The van der Waals surface area contributed by atoms with Crippen molar-refractivity contribution in [1.29, 1.82) is 0 Å². The fourth-order valence-corrected chi connectivity index (χ4v) is 2.63. The second-order valence-corrected chi connectivity index (χ2v) is 5.40. The zero-order valence-corrected chi connectivity index (χ0v) is 12.3. The van der Waals surface area contributed by atoms with Gasteiger partial charge in [0.1, 0.15) is 5.82 Å². The summed E-state index contributed by atoms with van der Waals surface area (Å²) in [7, 11) is 0. The van der Waals surface area contributed by atoms with Crippen LogP contribution in [-0.2, 0) is 17.8 Å². The third kappa shape index (κ3) is 2.95. The van der Waals surface area contributed by atoms with Gasteiger partial charge in [0.2, 0.25) is 11.9 Å². The Balaban J connectivity index is 1.66. The topological polar surface area (TPSA) is 73.9 Å². The zero-order chi connectivity index (χ0) is 14.8. The molecule has 6 nitrogen and oxygen atoms in total. The van der Waals surface area contributed by atoms with Gasteiger partial charge in [0.15, 0.2) is 0 Å². The van der Waals surface area contributed by atoms with Crippen molar-refractivity contribution in [2.75, 3.05) is 11.9 Å². The van der Waals surface area contributed by atoms with E-state index < -0.39 is 0 Å². The first-order valence-electron chi connectivity index (χ1n) is 7.14. The van der Waals surface area contributed by atoms with E-state index in [0.29, 0.717) is 11.8 Å². The third-order valence-corrected chi connectivity index (χ3v) is 3.92. The monoisotopic (exact) mass is 285 g/mol. The summed E-state index contributed by atoms with van der Waals surface area (Å²) in [5.74, 6) is 0.944. The van der Waals surface area contributed by atoms with E-state index in [1.165, 1.54) is 11.1 Å². The molecule has 0 unspecified atom stereocenters. The summed E-state index contributed by atoms with van der Waals surface area (Å²) in [5, 5.41) is 9.40. The molecular weight excluding hydrogens is 266 g/mol. The maximum Gasteiger partial charge on any atom is 0.248 e. The van der Waals surface area contributed by atoms with E-state index in [1.807, 2.05) is 13.0 Å². The van der Waals surface area contributed by atoms with Crippen LogP contribution in [0, 0.1) is 6.92 Å². The van der Waals surface area contributed by atoms with Gasteiger partial charge in [0.25, 0.3) is 0 Å². The van der Waals surface area contributed by atoms with E-state index in [1.54, 1.807) is 6.92 Å². The summed E-state index contributed by atoms with van der Waals surface area (Å²) >= 11 is 0. The predicted molar refractivity (Wildman–Crippen MR) is 79.8 cm³/mol. The molecule has 1 aromatic heterocycles. The van der Waals surface area contributed by atoms with Crippen LogP contribution >= 0.6 is 0 Å². The molecular formula is C15H19N5O. The zero-order valence-electron chi connectivity index (χ0n) is 12.3. The minimum absolute atomic E-state index is 0.0756. The van der Waals surface area contributed by atoms with Crippen molar-refractivity contribution < 1.29 is 4.79 Å². The molecule has 0 bridgehead atoms. The maximum absolute atomic E-state index is 12.3. The molecule has 3 rings (SSSR count). The highest BCUT2D eigenvalue weighted by atomic mass is 16.2. The Bertz CT molecular complexity index is 651. The highest BCUT2D eigenvalue weighted by Crippen LogP contribution is 2.20. The molecule has 110 valence electrons. The van der Waals surface area contributed by atoms with Crippen LogP contribution in [0.25, 0.3) is 0 Å². The number of aromatic amines is 1. The Morgan fingerprint density at radius 3 is 2.86 bits per heavy atom. The summed E-state index contributed by atoms with van der Waals surface area (Å²) < 4.78 is 0. The van der Waals surface area contributed by atoms with Crippen LogP contribution in [0.1, 0.15) is 23.9 Å². The van der Waals surface area contributed by atoms with Crippen molar-refractivity contribution in [3.05, 3.63) is 41.2 Å². The SMILES string of the molecule is Cc1nc(NC(=O)[C@H](C)N2CCc3ccccc3C2)n[nH]1. The average molecular weight is 285 g/mol. The molecule has 0 fully saturated rings. The lowest BCUT2D eigenvalue weighted by Crippen LogP contribution is -2.44. The van der Waals surface area contributed by atoms with Crippen molar-refractivity contribution in [2.24, 2.45) is 0 Å². The number of fused-ring (bicyclic) bond motifs is 1. The molecule has 0 saturated heterocycles. The van der Waals surface area contributed by atoms with E-state index >= 15 is 0 Å². The Labute approximate surface area is 123 Å². The molecule has 1 aliphatic heterocycles. The van der Waals surface area contributed by atoms with Gasteiger partial charge in [0, 0.05) is 13.1 Å². The van der Waals surface area contributed by atoms with Gasteiger partial charge in [0.05, 0.1) is 6.04 Å². The van der Waals surface area contributed by atoms with E-state index in [2.05, 4.69) is 43.6 Å². The van der Waals surface area contributed by atoms with Crippen LogP contribution in [0.2, 0.25) is 0 Å². The molecule has 0 spiro atoms. The van der Waals surface area contributed by atoms with Crippen LogP contribution in [0.15, 0.2) is 24.3 Å². The van der Waals surface area contributed by atoms with E-state index in [9.17, 15) is 4.79 Å². The highest BCUT2D eigenvalue weighted by Gasteiger charge is 2.25.